The molecular weight excluding hydrogens is 348 g/mol. The van der Waals surface area contributed by atoms with Crippen molar-refractivity contribution in [3.63, 3.8) is 0 Å². The fraction of sp³-hybridized carbons (Fsp3) is 0.421. The van der Waals surface area contributed by atoms with Gasteiger partial charge in [-0.15, -0.1) is 0 Å². The van der Waals surface area contributed by atoms with Crippen molar-refractivity contribution in [3.8, 4) is 0 Å². The van der Waals surface area contributed by atoms with Crippen LogP contribution in [0, 0.1) is 6.92 Å². The van der Waals surface area contributed by atoms with E-state index >= 15 is 0 Å². The molecule has 0 bridgehead atoms. The molecule has 26 heavy (non-hydrogen) atoms. The molecule has 1 aromatic heterocycles. The van der Waals surface area contributed by atoms with Crippen LogP contribution in [0.5, 0.6) is 0 Å². The summed E-state index contributed by atoms with van der Waals surface area (Å²) >= 11 is 0. The van der Waals surface area contributed by atoms with Crippen LogP contribution >= 0.6 is 0 Å². The number of benzene rings is 1. The fourth-order valence-electron chi connectivity index (χ4n) is 3.13. The van der Waals surface area contributed by atoms with Crippen molar-refractivity contribution in [2.24, 2.45) is 0 Å². The van der Waals surface area contributed by atoms with Gasteiger partial charge in [-0.25, -0.2) is 13.4 Å². The number of piperazine rings is 1. The number of likely N-dealkylation sites (N-methyl/N-ethyl adjacent to an activating group) is 1. The van der Waals surface area contributed by atoms with Gasteiger partial charge >= 0.3 is 0 Å². The number of hydrogen-bond acceptors (Lipinski definition) is 5. The van der Waals surface area contributed by atoms with E-state index in [2.05, 4.69) is 40.8 Å². The lowest BCUT2D eigenvalue weighted by Gasteiger charge is -2.31. The number of nitrogens with zero attached hydrogens (tertiary/aromatic N) is 4. The van der Waals surface area contributed by atoms with Gasteiger partial charge in [-0.2, -0.15) is 4.31 Å². The van der Waals surface area contributed by atoms with Gasteiger partial charge in [0.2, 0.25) is 10.0 Å². The number of rotatable bonds is 5. The smallest absolute Gasteiger partial charge is 0.244 e. The quantitative estimate of drug-likeness (QED) is 0.805. The van der Waals surface area contributed by atoms with E-state index in [1.165, 1.54) is 11.8 Å². The summed E-state index contributed by atoms with van der Waals surface area (Å²) in [4.78, 5) is 8.90. The average molecular weight is 375 g/mol. The van der Waals surface area contributed by atoms with Crippen molar-refractivity contribution < 1.29 is 8.42 Å². The van der Waals surface area contributed by atoms with Crippen molar-refractivity contribution in [1.82, 2.24) is 14.2 Å². The molecule has 2 heterocycles. The van der Waals surface area contributed by atoms with E-state index in [0.29, 0.717) is 13.1 Å². The Labute approximate surface area is 156 Å². The summed E-state index contributed by atoms with van der Waals surface area (Å²) in [5.41, 5.74) is 2.23. The first kappa shape index (κ1) is 18.8. The van der Waals surface area contributed by atoms with E-state index in [0.717, 1.165) is 31.1 Å². The molecule has 0 spiro atoms. The molecule has 1 aliphatic rings. The molecule has 0 aliphatic carbocycles. The van der Waals surface area contributed by atoms with Gasteiger partial charge in [0.25, 0.3) is 0 Å². The Balaban J connectivity index is 1.83. The van der Waals surface area contributed by atoms with Gasteiger partial charge in [0.05, 0.1) is 0 Å². The third-order valence-corrected chi connectivity index (χ3v) is 6.61. The molecule has 0 saturated carbocycles. The molecule has 6 nitrogen and oxygen atoms in total. The summed E-state index contributed by atoms with van der Waals surface area (Å²) in [5.74, 6) is 0.746. The predicted molar refractivity (Wildman–Crippen MR) is 104 cm³/mol. The highest BCUT2D eigenvalue weighted by Crippen LogP contribution is 2.25. The van der Waals surface area contributed by atoms with Crippen LogP contribution in [0.1, 0.15) is 12.5 Å². The van der Waals surface area contributed by atoms with E-state index in [9.17, 15) is 8.42 Å². The van der Waals surface area contributed by atoms with Crippen LogP contribution in [0.25, 0.3) is 0 Å². The Morgan fingerprint density at radius 2 is 1.85 bits per heavy atom. The van der Waals surface area contributed by atoms with Crippen LogP contribution in [0.2, 0.25) is 0 Å². The normalized spacial score (nSPS) is 16.6. The second kappa shape index (κ2) is 7.73. The second-order valence-corrected chi connectivity index (χ2v) is 8.58. The monoisotopic (exact) mass is 374 g/mol. The maximum absolute atomic E-state index is 12.8. The zero-order valence-corrected chi connectivity index (χ0v) is 16.4. The standard InChI is InChI=1S/C19H26N4O2S/c1-4-23(17-7-5-6-16(2)14-17)19-9-8-18(15-20-19)26(24,25)22-12-10-21(3)11-13-22/h5-9,14-15H,4,10-13H2,1-3H3. The predicted octanol–water partition coefficient (Wildman–Crippen LogP) is 2.48. The molecular formula is C19H26N4O2S. The summed E-state index contributed by atoms with van der Waals surface area (Å²) in [6, 6.07) is 11.6. The van der Waals surface area contributed by atoms with Crippen molar-refractivity contribution >= 4 is 21.5 Å². The lowest BCUT2D eigenvalue weighted by molar-refractivity contribution is 0.222. The van der Waals surface area contributed by atoms with E-state index in [4.69, 9.17) is 0 Å². The summed E-state index contributed by atoms with van der Waals surface area (Å²) in [6.07, 6.45) is 1.47. The lowest BCUT2D eigenvalue weighted by Crippen LogP contribution is -2.47. The minimum Gasteiger partial charge on any atom is -0.327 e. The van der Waals surface area contributed by atoms with Crippen molar-refractivity contribution in [2.75, 3.05) is 44.7 Å². The molecule has 0 unspecified atom stereocenters. The number of aromatic nitrogens is 1. The van der Waals surface area contributed by atoms with E-state index in [1.54, 1.807) is 16.4 Å². The van der Waals surface area contributed by atoms with Crippen LogP contribution in [-0.2, 0) is 10.0 Å². The van der Waals surface area contributed by atoms with Gasteiger partial charge in [0.1, 0.15) is 10.7 Å². The van der Waals surface area contributed by atoms with Gasteiger partial charge < -0.3 is 9.80 Å². The van der Waals surface area contributed by atoms with Gasteiger partial charge in [0.15, 0.2) is 0 Å². The van der Waals surface area contributed by atoms with Gasteiger partial charge in [-0.1, -0.05) is 12.1 Å². The van der Waals surface area contributed by atoms with Gasteiger partial charge in [0, 0.05) is 44.6 Å². The molecule has 1 aliphatic heterocycles. The van der Waals surface area contributed by atoms with Crippen LogP contribution < -0.4 is 4.90 Å². The van der Waals surface area contributed by atoms with Crippen LogP contribution in [0.4, 0.5) is 11.5 Å². The third kappa shape index (κ3) is 3.90. The summed E-state index contributed by atoms with van der Waals surface area (Å²) < 4.78 is 27.2. The number of sulfonamides is 1. The van der Waals surface area contributed by atoms with Crippen LogP contribution in [0.3, 0.4) is 0 Å². The minimum atomic E-state index is -3.48. The van der Waals surface area contributed by atoms with E-state index < -0.39 is 10.0 Å². The Morgan fingerprint density at radius 1 is 1.12 bits per heavy atom. The average Bonchev–Trinajstić information content (AvgIpc) is 2.63. The van der Waals surface area contributed by atoms with Crippen molar-refractivity contribution in [2.45, 2.75) is 18.7 Å². The molecule has 0 N–H and O–H groups in total. The Morgan fingerprint density at radius 3 is 2.42 bits per heavy atom. The lowest BCUT2D eigenvalue weighted by atomic mass is 10.2. The minimum absolute atomic E-state index is 0.256. The molecule has 1 aromatic carbocycles. The third-order valence-electron chi connectivity index (χ3n) is 4.73. The molecule has 3 rings (SSSR count). The maximum atomic E-state index is 12.8. The number of aryl methyl sites for hydroxylation is 1. The SMILES string of the molecule is CCN(c1cccc(C)c1)c1ccc(S(=O)(=O)N2CCN(C)CC2)cn1. The van der Waals surface area contributed by atoms with Crippen LogP contribution in [-0.4, -0.2) is 62.4 Å². The molecule has 1 fully saturated rings. The molecule has 0 amide bonds. The molecule has 0 radical (unpaired) electrons. The first-order chi connectivity index (χ1) is 12.4. The fourth-order valence-corrected chi connectivity index (χ4v) is 4.50. The summed E-state index contributed by atoms with van der Waals surface area (Å²) in [6.45, 7) is 7.40. The van der Waals surface area contributed by atoms with Crippen molar-refractivity contribution in [1.29, 1.82) is 0 Å². The number of hydrogen-bond donors (Lipinski definition) is 0. The molecule has 0 atom stereocenters. The Hall–Kier alpha value is -1.96. The molecule has 7 heteroatoms. The summed E-state index contributed by atoms with van der Waals surface area (Å²) in [5, 5.41) is 0. The number of anilines is 2. The Kier molecular flexibility index (Phi) is 5.60. The molecule has 2 aromatic rings. The van der Waals surface area contributed by atoms with E-state index in [-0.39, 0.29) is 4.90 Å². The highest BCUT2D eigenvalue weighted by Gasteiger charge is 2.27. The van der Waals surface area contributed by atoms with E-state index in [1.807, 2.05) is 19.2 Å². The Bertz CT molecular complexity index is 844. The summed E-state index contributed by atoms with van der Waals surface area (Å²) in [7, 11) is -1.48. The first-order valence-corrected chi connectivity index (χ1v) is 10.3. The van der Waals surface area contributed by atoms with Crippen molar-refractivity contribution in [3.05, 3.63) is 48.2 Å². The second-order valence-electron chi connectivity index (χ2n) is 6.64. The molecule has 140 valence electrons. The molecule has 1 saturated heterocycles. The van der Waals surface area contributed by atoms with Gasteiger partial charge in [-0.3, -0.25) is 0 Å². The first-order valence-electron chi connectivity index (χ1n) is 8.91. The highest BCUT2D eigenvalue weighted by atomic mass is 32.2. The van der Waals surface area contributed by atoms with Gasteiger partial charge in [-0.05, 0) is 50.7 Å². The maximum Gasteiger partial charge on any atom is 0.244 e. The highest BCUT2D eigenvalue weighted by molar-refractivity contribution is 7.89. The zero-order valence-electron chi connectivity index (χ0n) is 15.6. The van der Waals surface area contributed by atoms with Crippen LogP contribution in [0.15, 0.2) is 47.5 Å². The topological polar surface area (TPSA) is 56.8 Å². The largest absolute Gasteiger partial charge is 0.327 e. The zero-order chi connectivity index (χ0) is 18.7. The number of pyridine rings is 1.